The molecule has 0 aromatic heterocycles. The lowest BCUT2D eigenvalue weighted by Crippen LogP contribution is -2.33. The molecule has 0 spiro atoms. The maximum Gasteiger partial charge on any atom is 0.309 e. The lowest BCUT2D eigenvalue weighted by molar-refractivity contribution is -0.147. The number of carbonyl (C=O) groups is 1. The summed E-state index contributed by atoms with van der Waals surface area (Å²) in [7, 11) is 1.66. The Balaban J connectivity index is 1.83. The Hall–Kier alpha value is -1.63. The number of nitrogens with one attached hydrogen (secondary N) is 3. The molecule has 0 aliphatic carbocycles. The van der Waals surface area contributed by atoms with Crippen molar-refractivity contribution >= 4 is 5.97 Å². The zero-order chi connectivity index (χ0) is 16.9. The van der Waals surface area contributed by atoms with Crippen LogP contribution in [0.4, 0.5) is 0 Å². The van der Waals surface area contributed by atoms with E-state index in [1.165, 1.54) is 5.56 Å². The van der Waals surface area contributed by atoms with Crippen LogP contribution in [0.25, 0.3) is 0 Å². The van der Waals surface area contributed by atoms with Crippen LogP contribution in [0.5, 0.6) is 5.75 Å². The molecule has 0 saturated carbocycles. The van der Waals surface area contributed by atoms with Gasteiger partial charge in [0.1, 0.15) is 5.75 Å². The van der Waals surface area contributed by atoms with E-state index in [1.807, 2.05) is 12.1 Å². The lowest BCUT2D eigenvalue weighted by atomic mass is 9.89. The Kier molecular flexibility index (Phi) is 5.98. The van der Waals surface area contributed by atoms with Gasteiger partial charge in [0.25, 0.3) is 0 Å². The summed E-state index contributed by atoms with van der Waals surface area (Å²) in [5, 5.41) is 12.5. The fourth-order valence-corrected chi connectivity index (χ4v) is 2.69. The van der Waals surface area contributed by atoms with E-state index < -0.39 is 11.4 Å². The van der Waals surface area contributed by atoms with E-state index in [0.29, 0.717) is 18.9 Å². The Morgan fingerprint density at radius 3 is 2.70 bits per heavy atom. The van der Waals surface area contributed by atoms with Gasteiger partial charge in [-0.05, 0) is 44.5 Å². The molecule has 2 unspecified atom stereocenters. The zero-order valence-corrected chi connectivity index (χ0v) is 14.1. The van der Waals surface area contributed by atoms with Crippen LogP contribution in [0, 0.1) is 11.3 Å². The first-order valence-electron chi connectivity index (χ1n) is 8.00. The number of methoxy groups -OCH3 is 1. The normalized spacial score (nSPS) is 21.3. The maximum atomic E-state index is 11.1. The Bertz CT molecular complexity index is 516. The van der Waals surface area contributed by atoms with Crippen LogP contribution in [0.2, 0.25) is 0 Å². The van der Waals surface area contributed by atoms with Crippen LogP contribution in [-0.2, 0) is 4.79 Å². The summed E-state index contributed by atoms with van der Waals surface area (Å²) in [5.41, 5.74) is 7.05. The number of hydrogen-bond donors (Lipinski definition) is 4. The third kappa shape index (κ3) is 4.67. The molecule has 4 N–H and O–H groups in total. The minimum Gasteiger partial charge on any atom is -0.497 e. The molecule has 0 bridgehead atoms. The third-order valence-electron chi connectivity index (χ3n) is 4.48. The summed E-state index contributed by atoms with van der Waals surface area (Å²) in [5.74, 6) is 0.515. The first kappa shape index (κ1) is 17.7. The fourth-order valence-electron chi connectivity index (χ4n) is 2.69. The van der Waals surface area contributed by atoms with Crippen molar-refractivity contribution in [3.8, 4) is 5.75 Å². The lowest BCUT2D eigenvalue weighted by Gasteiger charge is -2.22. The number of hydrazine groups is 1. The smallest absolute Gasteiger partial charge is 0.309 e. The van der Waals surface area contributed by atoms with Gasteiger partial charge in [-0.3, -0.25) is 10.2 Å². The van der Waals surface area contributed by atoms with Crippen molar-refractivity contribution < 1.29 is 14.6 Å². The molecule has 6 nitrogen and oxygen atoms in total. The number of benzene rings is 1. The number of rotatable bonds is 8. The second-order valence-corrected chi connectivity index (χ2v) is 6.68. The highest BCUT2D eigenvalue weighted by Gasteiger charge is 2.29. The molecule has 1 aromatic carbocycles. The van der Waals surface area contributed by atoms with E-state index in [9.17, 15) is 4.79 Å². The number of carboxylic acid groups (broad SMARTS) is 1. The minimum atomic E-state index is -0.750. The van der Waals surface area contributed by atoms with Gasteiger partial charge in [0, 0.05) is 19.0 Å². The summed E-state index contributed by atoms with van der Waals surface area (Å²) in [6.45, 7) is 5.94. The molecule has 0 amide bonds. The highest BCUT2D eigenvalue weighted by Crippen LogP contribution is 2.26. The second kappa shape index (κ2) is 7.77. The van der Waals surface area contributed by atoms with Gasteiger partial charge < -0.3 is 15.2 Å². The maximum absolute atomic E-state index is 11.1. The van der Waals surface area contributed by atoms with Gasteiger partial charge in [-0.15, -0.1) is 0 Å². The van der Waals surface area contributed by atoms with Gasteiger partial charge in [-0.1, -0.05) is 12.1 Å². The van der Waals surface area contributed by atoms with Crippen LogP contribution >= 0.6 is 0 Å². The van der Waals surface area contributed by atoms with Gasteiger partial charge in [-0.2, -0.15) is 0 Å². The highest BCUT2D eigenvalue weighted by atomic mass is 16.5. The second-order valence-electron chi connectivity index (χ2n) is 6.68. The van der Waals surface area contributed by atoms with Gasteiger partial charge in [0.15, 0.2) is 0 Å². The predicted octanol–water partition coefficient (Wildman–Crippen LogP) is 1.55. The van der Waals surface area contributed by atoms with Crippen molar-refractivity contribution in [1.29, 1.82) is 0 Å². The number of ether oxygens (including phenoxy) is 1. The van der Waals surface area contributed by atoms with E-state index in [2.05, 4.69) is 28.3 Å². The number of hydrogen-bond acceptors (Lipinski definition) is 5. The zero-order valence-electron chi connectivity index (χ0n) is 14.1. The highest BCUT2D eigenvalue weighted by molar-refractivity contribution is 5.73. The summed E-state index contributed by atoms with van der Waals surface area (Å²) >= 11 is 0. The number of carboxylic acids is 1. The third-order valence-corrected chi connectivity index (χ3v) is 4.48. The van der Waals surface area contributed by atoms with Crippen molar-refractivity contribution in [3.05, 3.63) is 29.8 Å². The average Bonchev–Trinajstić information content (AvgIpc) is 3.00. The molecular weight excluding hydrogens is 294 g/mol. The average molecular weight is 321 g/mol. The van der Waals surface area contributed by atoms with E-state index in [1.54, 1.807) is 21.0 Å². The van der Waals surface area contributed by atoms with Crippen LogP contribution in [0.15, 0.2) is 24.3 Å². The van der Waals surface area contributed by atoms with Crippen LogP contribution in [0.1, 0.15) is 31.9 Å². The van der Waals surface area contributed by atoms with Gasteiger partial charge in [-0.25, -0.2) is 5.43 Å². The van der Waals surface area contributed by atoms with Crippen molar-refractivity contribution in [2.24, 2.45) is 11.3 Å². The molecule has 6 heteroatoms. The molecule has 1 fully saturated rings. The largest absolute Gasteiger partial charge is 0.497 e. The predicted molar refractivity (Wildman–Crippen MR) is 89.3 cm³/mol. The molecule has 2 atom stereocenters. The van der Waals surface area contributed by atoms with Crippen molar-refractivity contribution in [2.75, 3.05) is 26.7 Å². The molecule has 1 aliphatic heterocycles. The standard InChI is InChI=1S/C17H27N3O3/c1-17(2,16(21)22)8-9-18-10-13-11-19-20-15(13)12-4-6-14(23-3)7-5-12/h4-7,13,15,18-20H,8-11H2,1-3H3,(H,21,22). The SMILES string of the molecule is COc1ccc(C2NNCC2CNCCC(C)(C)C(=O)O)cc1. The van der Waals surface area contributed by atoms with Crippen molar-refractivity contribution in [1.82, 2.24) is 16.2 Å². The van der Waals surface area contributed by atoms with E-state index >= 15 is 0 Å². The molecule has 0 radical (unpaired) electrons. The van der Waals surface area contributed by atoms with E-state index in [0.717, 1.165) is 18.8 Å². The molecule has 2 rings (SSSR count). The molecule has 128 valence electrons. The topological polar surface area (TPSA) is 82.6 Å². The van der Waals surface area contributed by atoms with Gasteiger partial charge in [0.05, 0.1) is 18.6 Å². The van der Waals surface area contributed by atoms with Crippen LogP contribution in [-0.4, -0.2) is 37.8 Å². The van der Waals surface area contributed by atoms with Gasteiger partial charge in [0.2, 0.25) is 0 Å². The first-order chi connectivity index (χ1) is 10.9. The van der Waals surface area contributed by atoms with Crippen LogP contribution in [0.3, 0.4) is 0 Å². The monoisotopic (exact) mass is 321 g/mol. The summed E-state index contributed by atoms with van der Waals surface area (Å²) in [4.78, 5) is 11.1. The summed E-state index contributed by atoms with van der Waals surface area (Å²) < 4.78 is 5.19. The summed E-state index contributed by atoms with van der Waals surface area (Å²) in [6.07, 6.45) is 0.614. The van der Waals surface area contributed by atoms with Gasteiger partial charge >= 0.3 is 5.97 Å². The molecular formula is C17H27N3O3. The Morgan fingerprint density at radius 1 is 1.39 bits per heavy atom. The Morgan fingerprint density at radius 2 is 2.09 bits per heavy atom. The Labute approximate surface area is 137 Å². The molecule has 1 saturated heterocycles. The summed E-state index contributed by atoms with van der Waals surface area (Å²) in [6, 6.07) is 8.32. The minimum absolute atomic E-state index is 0.237. The quantitative estimate of drug-likeness (QED) is 0.544. The molecule has 1 heterocycles. The molecule has 1 aromatic rings. The van der Waals surface area contributed by atoms with E-state index in [4.69, 9.17) is 9.84 Å². The number of aliphatic carboxylic acids is 1. The van der Waals surface area contributed by atoms with Crippen molar-refractivity contribution in [2.45, 2.75) is 26.3 Å². The van der Waals surface area contributed by atoms with Crippen molar-refractivity contribution in [3.63, 3.8) is 0 Å². The molecule has 23 heavy (non-hydrogen) atoms. The van der Waals surface area contributed by atoms with Crippen LogP contribution < -0.4 is 20.9 Å². The van der Waals surface area contributed by atoms with E-state index in [-0.39, 0.29) is 6.04 Å². The molecule has 1 aliphatic rings. The fraction of sp³-hybridized carbons (Fsp3) is 0.588. The first-order valence-corrected chi connectivity index (χ1v) is 8.00.